The first-order valence-electron chi connectivity index (χ1n) is 12.4. The molecule has 0 fully saturated rings. The van der Waals surface area contributed by atoms with Crippen LogP contribution in [0.1, 0.15) is 39.2 Å². The number of aryl methyl sites for hydroxylation is 1. The number of ether oxygens (including phenoxy) is 2. The molecule has 0 amide bonds. The van der Waals surface area contributed by atoms with Gasteiger partial charge in [-0.3, -0.25) is 9.69 Å². The van der Waals surface area contributed by atoms with Crippen molar-refractivity contribution in [3.05, 3.63) is 66.0 Å². The molecule has 0 aliphatic rings. The Balaban J connectivity index is 1.92. The molecule has 0 radical (unpaired) electrons. The van der Waals surface area contributed by atoms with Crippen molar-refractivity contribution in [1.82, 2.24) is 14.7 Å². The van der Waals surface area contributed by atoms with Crippen LogP contribution in [0.3, 0.4) is 0 Å². The van der Waals surface area contributed by atoms with Gasteiger partial charge in [0.15, 0.2) is 11.6 Å². The van der Waals surface area contributed by atoms with Crippen LogP contribution in [0.2, 0.25) is 0 Å². The molecule has 0 saturated heterocycles. The van der Waals surface area contributed by atoms with Gasteiger partial charge in [0.1, 0.15) is 18.4 Å². The first-order chi connectivity index (χ1) is 17.3. The number of hydrogen-bond donors (Lipinski definition) is 1. The first kappa shape index (κ1) is 27.4. The molecule has 2 aromatic carbocycles. The minimum Gasteiger partial charge on any atom is -0.463 e. The Labute approximate surface area is 212 Å². The van der Waals surface area contributed by atoms with E-state index in [4.69, 9.17) is 14.6 Å². The SMILES string of the molecule is CCCC(=O)OC[C@@H](O)CN(Cc1c(-c2ccccc2)nn(C)c1Oc1ccccc1F)CC(C)C. The highest BCUT2D eigenvalue weighted by molar-refractivity contribution is 5.69. The van der Waals surface area contributed by atoms with Crippen molar-refractivity contribution in [2.24, 2.45) is 13.0 Å². The van der Waals surface area contributed by atoms with Gasteiger partial charge < -0.3 is 14.6 Å². The highest BCUT2D eigenvalue weighted by atomic mass is 19.1. The van der Waals surface area contributed by atoms with Crippen molar-refractivity contribution in [2.75, 3.05) is 19.7 Å². The number of nitrogens with zero attached hydrogens (tertiary/aromatic N) is 3. The van der Waals surface area contributed by atoms with Crippen LogP contribution in [0.25, 0.3) is 11.3 Å². The lowest BCUT2D eigenvalue weighted by atomic mass is 10.1. The van der Waals surface area contributed by atoms with E-state index in [0.29, 0.717) is 44.3 Å². The molecule has 0 aliphatic carbocycles. The van der Waals surface area contributed by atoms with Crippen molar-refractivity contribution < 1.29 is 23.8 Å². The van der Waals surface area contributed by atoms with Crippen molar-refractivity contribution in [1.29, 1.82) is 0 Å². The number of aromatic nitrogens is 2. The molecule has 0 saturated carbocycles. The van der Waals surface area contributed by atoms with Crippen LogP contribution in [0.5, 0.6) is 11.6 Å². The molecular weight excluding hydrogens is 461 g/mol. The maximum atomic E-state index is 14.4. The average molecular weight is 498 g/mol. The summed E-state index contributed by atoms with van der Waals surface area (Å²) in [5.74, 6) is 0.0734. The van der Waals surface area contributed by atoms with Gasteiger partial charge in [-0.05, 0) is 24.5 Å². The zero-order valence-electron chi connectivity index (χ0n) is 21.5. The van der Waals surface area contributed by atoms with E-state index in [0.717, 1.165) is 16.8 Å². The number of para-hydroxylation sites is 1. The van der Waals surface area contributed by atoms with E-state index in [1.54, 1.807) is 29.9 Å². The molecule has 0 unspecified atom stereocenters. The first-order valence-corrected chi connectivity index (χ1v) is 12.4. The van der Waals surface area contributed by atoms with E-state index in [9.17, 15) is 14.3 Å². The molecule has 1 atom stereocenters. The fourth-order valence-electron chi connectivity index (χ4n) is 4.04. The predicted molar refractivity (Wildman–Crippen MR) is 137 cm³/mol. The van der Waals surface area contributed by atoms with E-state index in [-0.39, 0.29) is 18.3 Å². The van der Waals surface area contributed by atoms with Gasteiger partial charge in [0.25, 0.3) is 0 Å². The largest absolute Gasteiger partial charge is 0.463 e. The third-order valence-electron chi connectivity index (χ3n) is 5.54. The summed E-state index contributed by atoms with van der Waals surface area (Å²) in [5.41, 5.74) is 2.41. The van der Waals surface area contributed by atoms with E-state index in [1.165, 1.54) is 6.07 Å². The van der Waals surface area contributed by atoms with Gasteiger partial charge in [-0.25, -0.2) is 9.07 Å². The number of benzene rings is 2. The normalized spacial score (nSPS) is 12.2. The maximum Gasteiger partial charge on any atom is 0.305 e. The molecule has 0 bridgehead atoms. The summed E-state index contributed by atoms with van der Waals surface area (Å²) in [7, 11) is 1.76. The van der Waals surface area contributed by atoms with Crippen LogP contribution < -0.4 is 4.74 Å². The zero-order valence-corrected chi connectivity index (χ0v) is 21.5. The number of carbonyl (C=O) groups is 1. The minimum atomic E-state index is -0.850. The fraction of sp³-hybridized carbons (Fsp3) is 0.429. The van der Waals surface area contributed by atoms with Gasteiger partial charge in [-0.1, -0.05) is 63.2 Å². The lowest BCUT2D eigenvalue weighted by molar-refractivity contribution is -0.147. The highest BCUT2D eigenvalue weighted by Crippen LogP contribution is 2.35. The van der Waals surface area contributed by atoms with Gasteiger partial charge in [0.2, 0.25) is 5.88 Å². The van der Waals surface area contributed by atoms with Gasteiger partial charge in [0.05, 0.1) is 5.56 Å². The Hall–Kier alpha value is -3.23. The minimum absolute atomic E-state index is 0.0649. The molecular formula is C28H36FN3O4. The van der Waals surface area contributed by atoms with E-state index in [1.807, 2.05) is 37.3 Å². The van der Waals surface area contributed by atoms with Gasteiger partial charge in [-0.15, -0.1) is 0 Å². The summed E-state index contributed by atoms with van der Waals surface area (Å²) in [6, 6.07) is 16.0. The molecule has 3 rings (SSSR count). The number of aliphatic hydroxyl groups is 1. The summed E-state index contributed by atoms with van der Waals surface area (Å²) in [6.45, 7) is 7.41. The Morgan fingerprint density at radius 2 is 1.81 bits per heavy atom. The molecule has 3 aromatic rings. The Kier molecular flexibility index (Phi) is 10.0. The molecule has 194 valence electrons. The van der Waals surface area contributed by atoms with Crippen LogP contribution in [0.15, 0.2) is 54.6 Å². The number of aliphatic hydroxyl groups excluding tert-OH is 1. The number of esters is 1. The molecule has 1 heterocycles. The van der Waals surface area contributed by atoms with Crippen LogP contribution in [-0.4, -0.2) is 51.6 Å². The molecule has 0 spiro atoms. The van der Waals surface area contributed by atoms with Crippen LogP contribution in [-0.2, 0) is 23.1 Å². The van der Waals surface area contributed by atoms with Crippen molar-refractivity contribution in [3.8, 4) is 22.9 Å². The third-order valence-corrected chi connectivity index (χ3v) is 5.54. The van der Waals surface area contributed by atoms with E-state index < -0.39 is 11.9 Å². The third kappa shape index (κ3) is 7.63. The van der Waals surface area contributed by atoms with Crippen molar-refractivity contribution in [2.45, 2.75) is 46.3 Å². The lowest BCUT2D eigenvalue weighted by Gasteiger charge is -2.27. The van der Waals surface area contributed by atoms with E-state index >= 15 is 0 Å². The van der Waals surface area contributed by atoms with E-state index in [2.05, 4.69) is 18.7 Å². The number of carbonyl (C=O) groups excluding carboxylic acids is 1. The van der Waals surface area contributed by atoms with Crippen molar-refractivity contribution >= 4 is 5.97 Å². The van der Waals surface area contributed by atoms with Crippen molar-refractivity contribution in [3.63, 3.8) is 0 Å². The second-order valence-corrected chi connectivity index (χ2v) is 9.33. The number of halogens is 1. The maximum absolute atomic E-state index is 14.4. The molecule has 7 nitrogen and oxygen atoms in total. The number of hydrogen-bond acceptors (Lipinski definition) is 6. The monoisotopic (exact) mass is 497 g/mol. The molecule has 8 heteroatoms. The summed E-state index contributed by atoms with van der Waals surface area (Å²) in [6.07, 6.45) is 0.176. The summed E-state index contributed by atoms with van der Waals surface area (Å²) < 4.78 is 27.3. The fourth-order valence-corrected chi connectivity index (χ4v) is 4.04. The number of rotatable bonds is 13. The topological polar surface area (TPSA) is 76.8 Å². The van der Waals surface area contributed by atoms with Crippen LogP contribution >= 0.6 is 0 Å². The highest BCUT2D eigenvalue weighted by Gasteiger charge is 2.24. The smallest absolute Gasteiger partial charge is 0.305 e. The second kappa shape index (κ2) is 13.2. The summed E-state index contributed by atoms with van der Waals surface area (Å²) >= 11 is 0. The average Bonchev–Trinajstić information content (AvgIpc) is 3.14. The molecule has 1 N–H and O–H groups in total. The van der Waals surface area contributed by atoms with Gasteiger partial charge in [0, 0.05) is 38.7 Å². The standard InChI is InChI=1S/C28H36FN3O4/c1-5-11-26(34)35-19-22(33)17-32(16-20(2)3)18-23-27(21-12-7-6-8-13-21)30-31(4)28(23)36-25-15-10-9-14-24(25)29/h6-10,12-15,20,22,33H,5,11,16-19H2,1-4H3/t22-/m0/s1. The molecule has 1 aromatic heterocycles. The predicted octanol–water partition coefficient (Wildman–Crippen LogP) is 5.18. The van der Waals surface area contributed by atoms with Gasteiger partial charge >= 0.3 is 5.97 Å². The van der Waals surface area contributed by atoms with Crippen LogP contribution in [0, 0.1) is 11.7 Å². The Morgan fingerprint density at radius 3 is 2.47 bits per heavy atom. The Morgan fingerprint density at radius 1 is 1.11 bits per heavy atom. The lowest BCUT2D eigenvalue weighted by Crippen LogP contribution is -2.37. The molecule has 0 aliphatic heterocycles. The van der Waals surface area contributed by atoms with Gasteiger partial charge in [-0.2, -0.15) is 5.10 Å². The quantitative estimate of drug-likeness (QED) is 0.328. The van der Waals surface area contributed by atoms with Crippen LogP contribution in [0.4, 0.5) is 4.39 Å². The zero-order chi connectivity index (χ0) is 26.1. The second-order valence-electron chi connectivity index (χ2n) is 9.33. The Bertz CT molecular complexity index is 1120. The summed E-state index contributed by atoms with van der Waals surface area (Å²) in [4.78, 5) is 13.8. The summed E-state index contributed by atoms with van der Waals surface area (Å²) in [5, 5.41) is 15.3. The molecule has 36 heavy (non-hydrogen) atoms.